The summed E-state index contributed by atoms with van der Waals surface area (Å²) in [7, 11) is 0. The van der Waals surface area contributed by atoms with Crippen LogP contribution in [-0.2, 0) is 4.79 Å². The number of amides is 1. The number of carbonyl (C=O) groups excluding carboxylic acids is 1. The molecular formula is C32H42N2O5. The first-order chi connectivity index (χ1) is 19.0. The number of phenols is 1. The van der Waals surface area contributed by atoms with Gasteiger partial charge in [-0.3, -0.25) is 9.59 Å². The second-order valence-electron chi connectivity index (χ2n) is 11.8. The predicted octanol–water partition coefficient (Wildman–Crippen LogP) is 5.97. The number of hydrogen-bond donors (Lipinski definition) is 3. The quantitative estimate of drug-likeness (QED) is 0.329. The van der Waals surface area contributed by atoms with Gasteiger partial charge in [0.05, 0.1) is 24.3 Å². The molecule has 1 amide bonds. The Morgan fingerprint density at radius 3 is 2.44 bits per heavy atom. The van der Waals surface area contributed by atoms with Crippen LogP contribution in [0, 0.1) is 17.8 Å². The fourth-order valence-corrected chi connectivity index (χ4v) is 6.33. The Balaban J connectivity index is 1.14. The van der Waals surface area contributed by atoms with Gasteiger partial charge in [-0.1, -0.05) is 31.4 Å². The van der Waals surface area contributed by atoms with Crippen LogP contribution in [0.2, 0.25) is 0 Å². The van der Waals surface area contributed by atoms with E-state index in [1.54, 1.807) is 18.2 Å². The highest BCUT2D eigenvalue weighted by Crippen LogP contribution is 2.45. The van der Waals surface area contributed by atoms with E-state index >= 15 is 0 Å². The van der Waals surface area contributed by atoms with E-state index < -0.39 is 5.97 Å². The molecule has 7 heteroatoms. The number of carboxylic acids is 1. The maximum atomic E-state index is 13.1. The Morgan fingerprint density at radius 2 is 1.72 bits per heavy atom. The van der Waals surface area contributed by atoms with Crippen LogP contribution in [0.3, 0.4) is 0 Å². The maximum Gasteiger partial charge on any atom is 0.303 e. The molecule has 39 heavy (non-hydrogen) atoms. The zero-order valence-electron chi connectivity index (χ0n) is 22.8. The van der Waals surface area contributed by atoms with Crippen LogP contribution < -0.4 is 15.0 Å². The lowest BCUT2D eigenvalue weighted by atomic mass is 9.89. The summed E-state index contributed by atoms with van der Waals surface area (Å²) in [6.45, 7) is 2.92. The number of phenolic OH excluding ortho intramolecular Hbond substituents is 1. The standard InChI is InChI=1S/C32H42N2O5/c35-26-11-12-28(32(38)33-20-22-5-2-1-3-6-22)30(18-26)34-15-13-23(14-16-34)21-39-27-8-4-7-25(17-27)29(19-31(36)37)24-9-10-24/h4,7-8,11-12,17-18,22-24,29,35H,1-3,5-6,9-10,13-16,19-21H2,(H,33,38)(H,36,37). The van der Waals surface area contributed by atoms with E-state index in [9.17, 15) is 19.8 Å². The molecule has 0 bridgehead atoms. The van der Waals surface area contributed by atoms with E-state index in [1.807, 2.05) is 24.3 Å². The molecule has 1 heterocycles. The van der Waals surface area contributed by atoms with E-state index in [0.717, 1.165) is 62.3 Å². The molecule has 2 saturated carbocycles. The summed E-state index contributed by atoms with van der Waals surface area (Å²) in [5.74, 6) is 1.65. The third kappa shape index (κ3) is 7.46. The first-order valence-electron chi connectivity index (χ1n) is 14.8. The van der Waals surface area contributed by atoms with E-state index in [1.165, 1.54) is 32.1 Å². The van der Waals surface area contributed by atoms with Crippen LogP contribution in [0.25, 0.3) is 0 Å². The number of nitrogens with zero attached hydrogens (tertiary/aromatic N) is 1. The van der Waals surface area contributed by atoms with Crippen molar-refractivity contribution in [3.05, 3.63) is 53.6 Å². The van der Waals surface area contributed by atoms with E-state index in [0.29, 0.717) is 29.9 Å². The number of piperidine rings is 1. The Kier molecular flexibility index (Phi) is 8.95. The van der Waals surface area contributed by atoms with Gasteiger partial charge in [0.1, 0.15) is 11.5 Å². The minimum Gasteiger partial charge on any atom is -0.508 e. The molecular weight excluding hydrogens is 492 g/mol. The summed E-state index contributed by atoms with van der Waals surface area (Å²) in [6, 6.07) is 13.0. The average Bonchev–Trinajstić information content (AvgIpc) is 3.80. The number of aliphatic carboxylic acids is 1. The van der Waals surface area contributed by atoms with Gasteiger partial charge in [-0.05, 0) is 92.0 Å². The van der Waals surface area contributed by atoms with Crippen molar-refractivity contribution in [3.8, 4) is 11.5 Å². The van der Waals surface area contributed by atoms with Gasteiger partial charge in [0, 0.05) is 25.7 Å². The van der Waals surface area contributed by atoms with Crippen molar-refractivity contribution in [2.45, 2.75) is 70.1 Å². The lowest BCUT2D eigenvalue weighted by Gasteiger charge is -2.34. The summed E-state index contributed by atoms with van der Waals surface area (Å²) < 4.78 is 6.18. The van der Waals surface area contributed by atoms with E-state index in [4.69, 9.17) is 4.74 Å². The minimum absolute atomic E-state index is 0.0608. The number of hydrogen-bond acceptors (Lipinski definition) is 5. The van der Waals surface area contributed by atoms with Gasteiger partial charge in [-0.25, -0.2) is 0 Å². The summed E-state index contributed by atoms with van der Waals surface area (Å²) in [4.78, 5) is 26.7. The number of carboxylic acid groups (broad SMARTS) is 1. The number of carbonyl (C=O) groups is 2. The Hall–Kier alpha value is -3.22. The monoisotopic (exact) mass is 534 g/mol. The van der Waals surface area contributed by atoms with Crippen molar-refractivity contribution < 1.29 is 24.5 Å². The molecule has 2 aliphatic carbocycles. The van der Waals surface area contributed by atoms with Crippen molar-refractivity contribution in [3.63, 3.8) is 0 Å². The predicted molar refractivity (Wildman–Crippen MR) is 152 cm³/mol. The summed E-state index contributed by atoms with van der Waals surface area (Å²) in [5.41, 5.74) is 2.49. The van der Waals surface area contributed by atoms with Crippen molar-refractivity contribution in [2.75, 3.05) is 31.1 Å². The highest BCUT2D eigenvalue weighted by atomic mass is 16.5. The molecule has 5 rings (SSSR count). The zero-order valence-corrected chi connectivity index (χ0v) is 22.8. The number of benzene rings is 2. The van der Waals surface area contributed by atoms with Gasteiger partial charge in [0.15, 0.2) is 0 Å². The van der Waals surface area contributed by atoms with Gasteiger partial charge >= 0.3 is 5.97 Å². The largest absolute Gasteiger partial charge is 0.508 e. The summed E-state index contributed by atoms with van der Waals surface area (Å²) >= 11 is 0. The normalized spacial score (nSPS) is 19.4. The Labute approximate surface area is 231 Å². The molecule has 3 N–H and O–H groups in total. The minimum atomic E-state index is -0.749. The molecule has 2 aromatic rings. The lowest BCUT2D eigenvalue weighted by molar-refractivity contribution is -0.137. The van der Waals surface area contributed by atoms with Gasteiger partial charge in [0.2, 0.25) is 0 Å². The molecule has 0 spiro atoms. The molecule has 2 aromatic carbocycles. The highest BCUT2D eigenvalue weighted by molar-refractivity contribution is 6.00. The fraction of sp³-hybridized carbons (Fsp3) is 0.562. The smallest absolute Gasteiger partial charge is 0.303 e. The molecule has 7 nitrogen and oxygen atoms in total. The fourth-order valence-electron chi connectivity index (χ4n) is 6.33. The molecule has 3 fully saturated rings. The number of aromatic hydroxyl groups is 1. The second kappa shape index (κ2) is 12.8. The zero-order chi connectivity index (χ0) is 27.2. The number of anilines is 1. The Morgan fingerprint density at radius 1 is 0.949 bits per heavy atom. The van der Waals surface area contributed by atoms with Gasteiger partial charge < -0.3 is 25.2 Å². The molecule has 1 aliphatic heterocycles. The van der Waals surface area contributed by atoms with Crippen LogP contribution in [0.15, 0.2) is 42.5 Å². The molecule has 1 atom stereocenters. The number of nitrogens with one attached hydrogen (secondary N) is 1. The molecule has 210 valence electrons. The van der Waals surface area contributed by atoms with Gasteiger partial charge in [0.25, 0.3) is 5.91 Å². The topological polar surface area (TPSA) is 99.1 Å². The molecule has 0 aromatic heterocycles. The van der Waals surface area contributed by atoms with Crippen molar-refractivity contribution in [1.29, 1.82) is 0 Å². The number of rotatable bonds is 11. The van der Waals surface area contributed by atoms with Crippen LogP contribution in [0.5, 0.6) is 11.5 Å². The van der Waals surface area contributed by atoms with Crippen LogP contribution in [0.4, 0.5) is 5.69 Å². The van der Waals surface area contributed by atoms with Crippen LogP contribution in [-0.4, -0.2) is 48.3 Å². The Bertz CT molecular complexity index is 1130. The van der Waals surface area contributed by atoms with Crippen LogP contribution >= 0.6 is 0 Å². The van der Waals surface area contributed by atoms with Crippen molar-refractivity contribution >= 4 is 17.6 Å². The molecule has 3 aliphatic rings. The molecule has 1 saturated heterocycles. The molecule has 0 radical (unpaired) electrons. The summed E-state index contributed by atoms with van der Waals surface area (Å²) in [5, 5.41) is 22.7. The van der Waals surface area contributed by atoms with E-state index in [-0.39, 0.29) is 24.0 Å². The van der Waals surface area contributed by atoms with Crippen molar-refractivity contribution in [1.82, 2.24) is 5.32 Å². The molecule has 1 unspecified atom stereocenters. The number of ether oxygens (including phenoxy) is 1. The lowest BCUT2D eigenvalue weighted by Crippen LogP contribution is -2.37. The third-order valence-electron chi connectivity index (χ3n) is 8.81. The first kappa shape index (κ1) is 27.4. The SMILES string of the molecule is O=C(O)CC(c1cccc(OCC2CCN(c3cc(O)ccc3C(=O)NCC3CCCCC3)CC2)c1)C1CC1. The first-order valence-corrected chi connectivity index (χ1v) is 14.8. The third-order valence-corrected chi connectivity index (χ3v) is 8.81. The highest BCUT2D eigenvalue weighted by Gasteiger charge is 2.34. The second-order valence-corrected chi connectivity index (χ2v) is 11.8. The van der Waals surface area contributed by atoms with Gasteiger partial charge in [-0.15, -0.1) is 0 Å². The average molecular weight is 535 g/mol. The van der Waals surface area contributed by atoms with Crippen molar-refractivity contribution in [2.24, 2.45) is 17.8 Å². The summed E-state index contributed by atoms with van der Waals surface area (Å²) in [6.07, 6.45) is 10.4. The van der Waals surface area contributed by atoms with Gasteiger partial charge in [-0.2, -0.15) is 0 Å². The van der Waals surface area contributed by atoms with E-state index in [2.05, 4.69) is 10.2 Å². The maximum absolute atomic E-state index is 13.1. The van der Waals surface area contributed by atoms with Crippen LogP contribution in [0.1, 0.15) is 86.0 Å².